The number of aromatic nitrogens is 1. The number of rotatable bonds is 4. The van der Waals surface area contributed by atoms with Crippen molar-refractivity contribution in [2.75, 3.05) is 18.0 Å². The average molecular weight is 272 g/mol. The molecule has 1 saturated heterocycles. The minimum atomic E-state index is 0.817. The molecule has 0 unspecified atom stereocenters. The molecule has 3 heteroatoms. The van der Waals surface area contributed by atoms with Gasteiger partial charge in [0.2, 0.25) is 0 Å². The number of piperidine rings is 1. The largest absolute Gasteiger partial charge is 0.348 e. The van der Waals surface area contributed by atoms with Crippen molar-refractivity contribution >= 4 is 16.5 Å². The zero-order valence-corrected chi connectivity index (χ0v) is 12.0. The first-order valence-corrected chi connectivity index (χ1v) is 7.98. The van der Waals surface area contributed by atoms with Crippen molar-refractivity contribution < 1.29 is 0 Å². The number of aryl methyl sites for hydroxylation is 1. The summed E-state index contributed by atoms with van der Waals surface area (Å²) in [6.45, 7) is 2.36. The highest BCUT2D eigenvalue weighted by molar-refractivity contribution is 7.13. The molecule has 0 radical (unpaired) electrons. The van der Waals surface area contributed by atoms with E-state index in [0.717, 1.165) is 5.92 Å². The van der Waals surface area contributed by atoms with E-state index < -0.39 is 0 Å². The third-order valence-electron chi connectivity index (χ3n) is 3.89. The van der Waals surface area contributed by atoms with Gasteiger partial charge in [-0.05, 0) is 37.2 Å². The van der Waals surface area contributed by atoms with Gasteiger partial charge < -0.3 is 4.90 Å². The number of nitrogens with zero attached hydrogens (tertiary/aromatic N) is 2. The second-order valence-electron chi connectivity index (χ2n) is 5.29. The second-order valence-corrected chi connectivity index (χ2v) is 6.17. The first kappa shape index (κ1) is 12.7. The van der Waals surface area contributed by atoms with Crippen LogP contribution in [0.5, 0.6) is 0 Å². The molecule has 1 aromatic carbocycles. The highest BCUT2D eigenvalue weighted by Crippen LogP contribution is 2.27. The first-order chi connectivity index (χ1) is 9.42. The fourth-order valence-electron chi connectivity index (χ4n) is 2.86. The fourth-order valence-corrected chi connectivity index (χ4v) is 3.54. The van der Waals surface area contributed by atoms with E-state index in [9.17, 15) is 0 Å². The molecule has 0 saturated carbocycles. The zero-order chi connectivity index (χ0) is 12.9. The first-order valence-electron chi connectivity index (χ1n) is 7.10. The van der Waals surface area contributed by atoms with Gasteiger partial charge in [-0.3, -0.25) is 0 Å². The van der Waals surface area contributed by atoms with Gasteiger partial charge in [-0.2, -0.15) is 0 Å². The lowest BCUT2D eigenvalue weighted by molar-refractivity contribution is 0.391. The number of anilines is 1. The van der Waals surface area contributed by atoms with E-state index in [0.29, 0.717) is 0 Å². The topological polar surface area (TPSA) is 16.1 Å². The summed E-state index contributed by atoms with van der Waals surface area (Å²) in [6, 6.07) is 10.8. The number of thiazole rings is 1. The van der Waals surface area contributed by atoms with E-state index in [4.69, 9.17) is 0 Å². The van der Waals surface area contributed by atoms with E-state index in [1.165, 1.54) is 49.5 Å². The fraction of sp³-hybridized carbons (Fsp3) is 0.438. The van der Waals surface area contributed by atoms with Gasteiger partial charge in [0.15, 0.2) is 5.13 Å². The summed E-state index contributed by atoms with van der Waals surface area (Å²) in [5.74, 6) is 0.817. The quantitative estimate of drug-likeness (QED) is 0.836. The summed E-state index contributed by atoms with van der Waals surface area (Å²) < 4.78 is 0. The molecular weight excluding hydrogens is 252 g/mol. The number of benzene rings is 1. The van der Waals surface area contributed by atoms with Crippen LogP contribution in [-0.4, -0.2) is 18.1 Å². The summed E-state index contributed by atoms with van der Waals surface area (Å²) >= 11 is 1.76. The lowest BCUT2D eigenvalue weighted by Crippen LogP contribution is -2.35. The SMILES string of the molecule is c1ccc(CC[C@H]2CCCN(c3nccs3)C2)cc1. The lowest BCUT2D eigenvalue weighted by Gasteiger charge is -2.32. The molecule has 0 amide bonds. The molecule has 0 N–H and O–H groups in total. The summed E-state index contributed by atoms with van der Waals surface area (Å²) in [7, 11) is 0. The molecule has 0 aliphatic carbocycles. The highest BCUT2D eigenvalue weighted by Gasteiger charge is 2.21. The van der Waals surface area contributed by atoms with Gasteiger partial charge in [0.1, 0.15) is 0 Å². The smallest absolute Gasteiger partial charge is 0.185 e. The molecule has 1 atom stereocenters. The number of hydrogen-bond donors (Lipinski definition) is 0. The van der Waals surface area contributed by atoms with E-state index >= 15 is 0 Å². The van der Waals surface area contributed by atoms with E-state index in [-0.39, 0.29) is 0 Å². The Morgan fingerprint density at radius 2 is 2.16 bits per heavy atom. The Hall–Kier alpha value is -1.35. The van der Waals surface area contributed by atoms with Crippen LogP contribution in [0.2, 0.25) is 0 Å². The van der Waals surface area contributed by atoms with Crippen molar-refractivity contribution in [1.82, 2.24) is 4.98 Å². The average Bonchev–Trinajstić information content (AvgIpc) is 3.01. The van der Waals surface area contributed by atoms with Gasteiger partial charge in [0.05, 0.1) is 0 Å². The molecule has 1 aromatic heterocycles. The van der Waals surface area contributed by atoms with Crippen LogP contribution in [0.25, 0.3) is 0 Å². The van der Waals surface area contributed by atoms with Crippen molar-refractivity contribution in [2.45, 2.75) is 25.7 Å². The Morgan fingerprint density at radius 3 is 2.95 bits per heavy atom. The van der Waals surface area contributed by atoms with Crippen molar-refractivity contribution in [1.29, 1.82) is 0 Å². The zero-order valence-electron chi connectivity index (χ0n) is 11.2. The Kier molecular flexibility index (Phi) is 4.13. The van der Waals surface area contributed by atoms with Crippen LogP contribution in [0, 0.1) is 5.92 Å². The summed E-state index contributed by atoms with van der Waals surface area (Å²) in [5, 5.41) is 3.27. The monoisotopic (exact) mass is 272 g/mol. The minimum absolute atomic E-state index is 0.817. The van der Waals surface area contributed by atoms with E-state index in [2.05, 4.69) is 45.6 Å². The third kappa shape index (κ3) is 3.35. The van der Waals surface area contributed by atoms with Gasteiger partial charge in [0, 0.05) is 24.7 Å². The van der Waals surface area contributed by atoms with Gasteiger partial charge in [-0.25, -0.2) is 4.98 Å². The molecule has 0 bridgehead atoms. The Bertz CT molecular complexity index is 481. The molecule has 1 fully saturated rings. The summed E-state index contributed by atoms with van der Waals surface area (Å²) in [5.41, 5.74) is 1.47. The van der Waals surface area contributed by atoms with Crippen molar-refractivity contribution in [3.05, 3.63) is 47.5 Å². The maximum absolute atomic E-state index is 4.44. The van der Waals surface area contributed by atoms with Gasteiger partial charge in [0.25, 0.3) is 0 Å². The van der Waals surface area contributed by atoms with Crippen LogP contribution in [0.15, 0.2) is 41.9 Å². The van der Waals surface area contributed by atoms with Crippen LogP contribution in [0.3, 0.4) is 0 Å². The maximum atomic E-state index is 4.44. The minimum Gasteiger partial charge on any atom is -0.348 e. The normalized spacial score (nSPS) is 19.6. The molecule has 19 heavy (non-hydrogen) atoms. The van der Waals surface area contributed by atoms with E-state index in [1.54, 1.807) is 11.3 Å². The van der Waals surface area contributed by atoms with Crippen molar-refractivity contribution in [3.63, 3.8) is 0 Å². The van der Waals surface area contributed by atoms with E-state index in [1.807, 2.05) is 6.20 Å². The molecule has 1 aliphatic heterocycles. The molecular formula is C16H20N2S. The van der Waals surface area contributed by atoms with Crippen molar-refractivity contribution in [3.8, 4) is 0 Å². The Labute approximate surface area is 119 Å². The van der Waals surface area contributed by atoms with Crippen LogP contribution < -0.4 is 4.90 Å². The van der Waals surface area contributed by atoms with Gasteiger partial charge in [-0.1, -0.05) is 30.3 Å². The predicted molar refractivity (Wildman–Crippen MR) is 81.8 cm³/mol. The predicted octanol–water partition coefficient (Wildman–Crippen LogP) is 3.99. The Morgan fingerprint density at radius 1 is 1.26 bits per heavy atom. The van der Waals surface area contributed by atoms with Crippen LogP contribution in [0.1, 0.15) is 24.8 Å². The molecule has 2 nitrogen and oxygen atoms in total. The van der Waals surface area contributed by atoms with Gasteiger partial charge >= 0.3 is 0 Å². The standard InChI is InChI=1S/C16H20N2S/c1-2-5-14(6-3-1)8-9-15-7-4-11-18(13-15)16-17-10-12-19-16/h1-3,5-6,10,12,15H,4,7-9,11,13H2/t15-/m1/s1. The molecule has 1 aliphatic rings. The molecule has 0 spiro atoms. The summed E-state index contributed by atoms with van der Waals surface area (Å²) in [4.78, 5) is 6.90. The Balaban J connectivity index is 1.54. The third-order valence-corrected chi connectivity index (χ3v) is 4.73. The molecule has 3 rings (SSSR count). The summed E-state index contributed by atoms with van der Waals surface area (Å²) in [6.07, 6.45) is 7.09. The molecule has 2 aromatic rings. The van der Waals surface area contributed by atoms with Crippen LogP contribution in [0.4, 0.5) is 5.13 Å². The van der Waals surface area contributed by atoms with Crippen molar-refractivity contribution in [2.24, 2.45) is 5.92 Å². The van der Waals surface area contributed by atoms with Crippen LogP contribution in [-0.2, 0) is 6.42 Å². The maximum Gasteiger partial charge on any atom is 0.185 e. The molecule has 100 valence electrons. The van der Waals surface area contributed by atoms with Gasteiger partial charge in [-0.15, -0.1) is 11.3 Å². The lowest BCUT2D eigenvalue weighted by atomic mass is 9.92. The van der Waals surface area contributed by atoms with Crippen LogP contribution >= 0.6 is 11.3 Å². The highest BCUT2D eigenvalue weighted by atomic mass is 32.1. The second kappa shape index (κ2) is 6.20. The number of hydrogen-bond acceptors (Lipinski definition) is 3. The molecule has 2 heterocycles.